The van der Waals surface area contributed by atoms with Crippen LogP contribution >= 0.6 is 0 Å². The Balaban J connectivity index is 2.23. The van der Waals surface area contributed by atoms with Gasteiger partial charge < -0.3 is 19.7 Å². The fourth-order valence-corrected chi connectivity index (χ4v) is 1.01. The van der Waals surface area contributed by atoms with Crippen molar-refractivity contribution >= 4 is 0 Å². The smallest absolute Gasteiger partial charge is 0.201 e. The lowest BCUT2D eigenvalue weighted by Crippen LogP contribution is -2.21. The van der Waals surface area contributed by atoms with Crippen LogP contribution in [-0.2, 0) is 9.47 Å². The summed E-state index contributed by atoms with van der Waals surface area (Å²) in [6.45, 7) is 0. The van der Waals surface area contributed by atoms with E-state index >= 15 is 0 Å². The van der Waals surface area contributed by atoms with Gasteiger partial charge in [0.15, 0.2) is 11.5 Å². The molecule has 2 heterocycles. The highest BCUT2D eigenvalue weighted by Crippen LogP contribution is 2.29. The predicted octanol–water partition coefficient (Wildman–Crippen LogP) is 0.583. The minimum absolute atomic E-state index is 0.0188. The number of aliphatic hydroxyl groups excluding tert-OH is 2. The maximum Gasteiger partial charge on any atom is 0.201 e. The monoisotopic (exact) mass is 142 g/mol. The summed E-state index contributed by atoms with van der Waals surface area (Å²) >= 11 is 0. The van der Waals surface area contributed by atoms with Gasteiger partial charge in [0.2, 0.25) is 12.2 Å². The summed E-state index contributed by atoms with van der Waals surface area (Å²) in [4.78, 5) is 0. The molecule has 54 valence electrons. The van der Waals surface area contributed by atoms with Crippen LogP contribution in [0.15, 0.2) is 24.0 Å². The van der Waals surface area contributed by atoms with Crippen LogP contribution in [0.2, 0.25) is 0 Å². The van der Waals surface area contributed by atoms with Crippen molar-refractivity contribution in [3.8, 4) is 0 Å². The molecule has 4 nitrogen and oxygen atoms in total. The molecule has 2 atom stereocenters. The van der Waals surface area contributed by atoms with E-state index in [1.165, 1.54) is 12.5 Å². The zero-order chi connectivity index (χ0) is 7.14. The lowest BCUT2D eigenvalue weighted by molar-refractivity contribution is 0.0747. The van der Waals surface area contributed by atoms with Gasteiger partial charge in [-0.3, -0.25) is 0 Å². The highest BCUT2D eigenvalue weighted by molar-refractivity contribution is 5.18. The van der Waals surface area contributed by atoms with E-state index in [1.54, 1.807) is 0 Å². The molecule has 2 N–H and O–H groups in total. The molecule has 0 saturated heterocycles. The van der Waals surface area contributed by atoms with Crippen molar-refractivity contribution < 1.29 is 19.7 Å². The van der Waals surface area contributed by atoms with Gasteiger partial charge in [0.05, 0.1) is 0 Å². The van der Waals surface area contributed by atoms with Gasteiger partial charge in [0.25, 0.3) is 0 Å². The second kappa shape index (κ2) is 1.59. The topological polar surface area (TPSA) is 58.9 Å². The van der Waals surface area contributed by atoms with Crippen molar-refractivity contribution in [3.63, 3.8) is 0 Å². The predicted molar refractivity (Wildman–Crippen MR) is 31.2 cm³/mol. The Kier molecular flexibility index (Phi) is 0.869. The van der Waals surface area contributed by atoms with E-state index in [0.717, 1.165) is 0 Å². The number of rotatable bonds is 0. The summed E-state index contributed by atoms with van der Waals surface area (Å²) in [5, 5.41) is 18.0. The Bertz CT molecular complexity index is 194. The average Bonchev–Trinajstić information content (AvgIpc) is 2.41. The second-order valence-electron chi connectivity index (χ2n) is 2.20. The van der Waals surface area contributed by atoms with Crippen LogP contribution in [0.4, 0.5) is 0 Å². The van der Waals surface area contributed by atoms with E-state index in [-0.39, 0.29) is 11.5 Å². The van der Waals surface area contributed by atoms with Gasteiger partial charge in [-0.1, -0.05) is 0 Å². The van der Waals surface area contributed by atoms with E-state index in [2.05, 4.69) is 0 Å². The van der Waals surface area contributed by atoms with Gasteiger partial charge >= 0.3 is 0 Å². The normalized spacial score (nSPS) is 35.6. The zero-order valence-corrected chi connectivity index (χ0v) is 5.02. The van der Waals surface area contributed by atoms with Crippen molar-refractivity contribution in [2.75, 3.05) is 0 Å². The summed E-state index contributed by atoms with van der Waals surface area (Å²) in [5.41, 5.74) is 0. The Labute approximate surface area is 57.0 Å². The van der Waals surface area contributed by atoms with Crippen molar-refractivity contribution in [1.82, 2.24) is 0 Å². The molecule has 0 bridgehead atoms. The third kappa shape index (κ3) is 0.504. The first-order valence-electron chi connectivity index (χ1n) is 2.88. The van der Waals surface area contributed by atoms with Crippen molar-refractivity contribution in [2.24, 2.45) is 0 Å². The Hall–Kier alpha value is -1.32. The largest absolute Gasteiger partial charge is 0.506 e. The first kappa shape index (κ1) is 5.46. The zero-order valence-electron chi connectivity index (χ0n) is 5.02. The molecule has 0 aromatic rings. The first-order valence-corrected chi connectivity index (χ1v) is 2.88. The van der Waals surface area contributed by atoms with E-state index < -0.39 is 12.2 Å². The number of hydrogen-bond acceptors (Lipinski definition) is 4. The van der Waals surface area contributed by atoms with E-state index in [4.69, 9.17) is 19.7 Å². The Morgan fingerprint density at radius 3 is 1.80 bits per heavy atom. The number of aliphatic hydroxyl groups is 2. The summed E-state index contributed by atoms with van der Waals surface area (Å²) < 4.78 is 9.69. The minimum atomic E-state index is -0.528. The Morgan fingerprint density at radius 2 is 1.40 bits per heavy atom. The van der Waals surface area contributed by atoms with Gasteiger partial charge in [-0.2, -0.15) is 0 Å². The lowest BCUT2D eigenvalue weighted by Gasteiger charge is -2.07. The van der Waals surface area contributed by atoms with E-state index in [1.807, 2.05) is 0 Å². The van der Waals surface area contributed by atoms with Gasteiger partial charge in [0, 0.05) is 0 Å². The molecule has 0 radical (unpaired) electrons. The average molecular weight is 142 g/mol. The first-order chi connectivity index (χ1) is 4.79. The molecule has 2 aliphatic rings. The SMILES string of the molecule is OC1=COC2C(O)=COC12. The molecule has 0 aromatic carbocycles. The van der Waals surface area contributed by atoms with Gasteiger partial charge in [-0.25, -0.2) is 0 Å². The van der Waals surface area contributed by atoms with Crippen LogP contribution in [0.3, 0.4) is 0 Å². The number of hydrogen-bond donors (Lipinski definition) is 2. The molecule has 0 aromatic heterocycles. The van der Waals surface area contributed by atoms with Crippen molar-refractivity contribution in [3.05, 3.63) is 24.0 Å². The quantitative estimate of drug-likeness (QED) is 0.519. The molecular weight excluding hydrogens is 136 g/mol. The molecular formula is C6H6O4. The van der Waals surface area contributed by atoms with Crippen LogP contribution in [0.25, 0.3) is 0 Å². The van der Waals surface area contributed by atoms with Crippen LogP contribution in [0.5, 0.6) is 0 Å². The van der Waals surface area contributed by atoms with Gasteiger partial charge in [-0.15, -0.1) is 0 Å². The van der Waals surface area contributed by atoms with Gasteiger partial charge in [0.1, 0.15) is 12.5 Å². The third-order valence-corrected chi connectivity index (χ3v) is 1.53. The van der Waals surface area contributed by atoms with Crippen LogP contribution in [-0.4, -0.2) is 22.4 Å². The highest BCUT2D eigenvalue weighted by Gasteiger charge is 2.40. The highest BCUT2D eigenvalue weighted by atomic mass is 16.6. The summed E-state index contributed by atoms with van der Waals surface area (Å²) in [6.07, 6.45) is 1.30. The molecule has 0 amide bonds. The summed E-state index contributed by atoms with van der Waals surface area (Å²) in [5.74, 6) is 0.0376. The molecule has 4 heteroatoms. The Morgan fingerprint density at radius 1 is 1.00 bits per heavy atom. The third-order valence-electron chi connectivity index (χ3n) is 1.53. The lowest BCUT2D eigenvalue weighted by atomic mass is 10.2. The van der Waals surface area contributed by atoms with Gasteiger partial charge in [-0.05, 0) is 0 Å². The van der Waals surface area contributed by atoms with E-state index in [0.29, 0.717) is 0 Å². The van der Waals surface area contributed by atoms with Crippen molar-refractivity contribution in [1.29, 1.82) is 0 Å². The molecule has 0 aliphatic carbocycles. The molecule has 0 spiro atoms. The van der Waals surface area contributed by atoms with Crippen molar-refractivity contribution in [2.45, 2.75) is 12.2 Å². The van der Waals surface area contributed by atoms with Crippen LogP contribution < -0.4 is 0 Å². The fraction of sp³-hybridized carbons (Fsp3) is 0.333. The minimum Gasteiger partial charge on any atom is -0.506 e. The maximum absolute atomic E-state index is 8.98. The van der Waals surface area contributed by atoms with Crippen LogP contribution in [0, 0.1) is 0 Å². The number of ether oxygens (including phenoxy) is 2. The molecule has 10 heavy (non-hydrogen) atoms. The van der Waals surface area contributed by atoms with E-state index in [9.17, 15) is 0 Å². The number of fused-ring (bicyclic) bond motifs is 1. The summed E-state index contributed by atoms with van der Waals surface area (Å²) in [7, 11) is 0. The molecule has 0 saturated carbocycles. The molecule has 2 aliphatic heterocycles. The second-order valence-corrected chi connectivity index (χ2v) is 2.20. The summed E-state index contributed by atoms with van der Waals surface area (Å²) in [6, 6.07) is 0. The maximum atomic E-state index is 8.98. The van der Waals surface area contributed by atoms with Crippen LogP contribution in [0.1, 0.15) is 0 Å². The molecule has 2 unspecified atom stereocenters. The fourth-order valence-electron chi connectivity index (χ4n) is 1.01. The molecule has 0 fully saturated rings. The molecule has 2 rings (SSSR count). The standard InChI is InChI=1S/C6H6O4/c7-3-1-9-6-4(8)2-10-5(3)6/h1-2,5-8H.